The molecule has 0 saturated heterocycles. The fourth-order valence-electron chi connectivity index (χ4n) is 2.24. The molecule has 0 saturated carbocycles. The molecule has 0 radical (unpaired) electrons. The topological polar surface area (TPSA) is 59.6 Å². The first-order chi connectivity index (χ1) is 11.5. The van der Waals surface area contributed by atoms with Crippen LogP contribution in [0.25, 0.3) is 0 Å². The molecule has 2 aromatic carbocycles. The van der Waals surface area contributed by atoms with Gasteiger partial charge in [-0.2, -0.15) is 0 Å². The van der Waals surface area contributed by atoms with Crippen LogP contribution in [0.5, 0.6) is 11.5 Å². The second-order valence-electron chi connectivity index (χ2n) is 5.23. The van der Waals surface area contributed by atoms with Gasteiger partial charge in [-0.05, 0) is 61.1 Å². The minimum absolute atomic E-state index is 0.233. The van der Waals surface area contributed by atoms with E-state index in [-0.39, 0.29) is 11.0 Å². The van der Waals surface area contributed by atoms with Gasteiger partial charge in [0.2, 0.25) is 0 Å². The monoisotopic (exact) mass is 406 g/mol. The Hall–Kier alpha value is -2.12. The van der Waals surface area contributed by atoms with Gasteiger partial charge in [0, 0.05) is 15.7 Å². The van der Waals surface area contributed by atoms with E-state index in [1.165, 1.54) is 0 Å². The third-order valence-corrected chi connectivity index (χ3v) is 4.54. The molecular formula is C17H15BrN2O3S. The summed E-state index contributed by atoms with van der Waals surface area (Å²) < 4.78 is 11.9. The first-order valence-electron chi connectivity index (χ1n) is 7.31. The summed E-state index contributed by atoms with van der Waals surface area (Å²) in [5.41, 5.74) is 2.33. The molecule has 0 spiro atoms. The largest absolute Gasteiger partial charge is 0.486 e. The molecule has 5 nitrogen and oxygen atoms in total. The van der Waals surface area contributed by atoms with Crippen LogP contribution < -0.4 is 20.1 Å². The van der Waals surface area contributed by atoms with Crippen molar-refractivity contribution in [3.63, 3.8) is 0 Å². The summed E-state index contributed by atoms with van der Waals surface area (Å²) in [5, 5.41) is 5.89. The smallest absolute Gasteiger partial charge is 0.257 e. The molecule has 2 N–H and O–H groups in total. The summed E-state index contributed by atoms with van der Waals surface area (Å²) in [5.74, 6) is 0.901. The van der Waals surface area contributed by atoms with Crippen molar-refractivity contribution < 1.29 is 14.3 Å². The third kappa shape index (κ3) is 3.85. The zero-order chi connectivity index (χ0) is 17.1. The summed E-state index contributed by atoms with van der Waals surface area (Å²) >= 11 is 8.64. The van der Waals surface area contributed by atoms with Gasteiger partial charge in [0.1, 0.15) is 13.2 Å². The Bertz CT molecular complexity index is 810. The molecule has 1 heterocycles. The Labute approximate surface area is 153 Å². The molecule has 3 rings (SSSR count). The number of aryl methyl sites for hydroxylation is 1. The normalized spacial score (nSPS) is 12.4. The predicted molar refractivity (Wildman–Crippen MR) is 100.0 cm³/mol. The van der Waals surface area contributed by atoms with Crippen LogP contribution in [0.15, 0.2) is 40.9 Å². The Balaban J connectivity index is 1.65. The van der Waals surface area contributed by atoms with E-state index in [9.17, 15) is 4.79 Å². The molecule has 0 unspecified atom stereocenters. The van der Waals surface area contributed by atoms with Crippen molar-refractivity contribution in [3.8, 4) is 11.5 Å². The minimum atomic E-state index is -0.307. The van der Waals surface area contributed by atoms with E-state index in [1.807, 2.05) is 25.1 Å². The molecule has 124 valence electrons. The number of benzene rings is 2. The van der Waals surface area contributed by atoms with Gasteiger partial charge in [-0.1, -0.05) is 15.9 Å². The van der Waals surface area contributed by atoms with Crippen LogP contribution in [0.3, 0.4) is 0 Å². The molecule has 0 bridgehead atoms. The summed E-state index contributed by atoms with van der Waals surface area (Å²) in [6.07, 6.45) is 0. The van der Waals surface area contributed by atoms with Gasteiger partial charge < -0.3 is 14.8 Å². The molecule has 2 aromatic rings. The standard InChI is InChI=1S/C17H15BrN2O3S/c1-10-8-12(3-4-13(10)18)19-17(24)20-16(21)11-2-5-14-15(9-11)23-7-6-22-14/h2-5,8-9H,6-7H2,1H3,(H2,19,20,21,24). The highest BCUT2D eigenvalue weighted by Crippen LogP contribution is 2.30. The van der Waals surface area contributed by atoms with Gasteiger partial charge in [0.15, 0.2) is 16.6 Å². The average Bonchev–Trinajstić information content (AvgIpc) is 2.57. The molecular weight excluding hydrogens is 392 g/mol. The van der Waals surface area contributed by atoms with Gasteiger partial charge in [-0.25, -0.2) is 0 Å². The van der Waals surface area contributed by atoms with Crippen LogP contribution in [0.4, 0.5) is 5.69 Å². The number of fused-ring (bicyclic) bond motifs is 1. The number of rotatable bonds is 2. The maximum Gasteiger partial charge on any atom is 0.257 e. The maximum absolute atomic E-state index is 12.3. The number of thiocarbonyl (C=S) groups is 1. The summed E-state index contributed by atoms with van der Waals surface area (Å²) in [6.45, 7) is 2.96. The number of carbonyl (C=O) groups excluding carboxylic acids is 1. The van der Waals surface area contributed by atoms with Crippen molar-refractivity contribution in [1.82, 2.24) is 5.32 Å². The molecule has 0 aromatic heterocycles. The number of hydrogen-bond acceptors (Lipinski definition) is 4. The summed E-state index contributed by atoms with van der Waals surface area (Å²) in [4.78, 5) is 12.3. The van der Waals surface area contributed by atoms with Crippen molar-refractivity contribution >= 4 is 44.9 Å². The molecule has 1 aliphatic heterocycles. The van der Waals surface area contributed by atoms with Crippen molar-refractivity contribution in [1.29, 1.82) is 0 Å². The van der Waals surface area contributed by atoms with E-state index < -0.39 is 0 Å². The lowest BCUT2D eigenvalue weighted by Crippen LogP contribution is -2.34. The van der Waals surface area contributed by atoms with Crippen LogP contribution in [0.1, 0.15) is 15.9 Å². The number of nitrogens with one attached hydrogen (secondary N) is 2. The summed E-state index contributed by atoms with van der Waals surface area (Å²) in [6, 6.07) is 10.8. The minimum Gasteiger partial charge on any atom is -0.486 e. The van der Waals surface area contributed by atoms with Crippen LogP contribution in [0, 0.1) is 6.92 Å². The Morgan fingerprint density at radius 1 is 1.12 bits per heavy atom. The van der Waals surface area contributed by atoms with Crippen LogP contribution >= 0.6 is 28.1 Å². The summed E-state index contributed by atoms with van der Waals surface area (Å²) in [7, 11) is 0. The van der Waals surface area contributed by atoms with Crippen molar-refractivity contribution in [2.24, 2.45) is 0 Å². The van der Waals surface area contributed by atoms with E-state index in [0.29, 0.717) is 30.3 Å². The van der Waals surface area contributed by atoms with E-state index >= 15 is 0 Å². The van der Waals surface area contributed by atoms with Crippen molar-refractivity contribution in [2.75, 3.05) is 18.5 Å². The van der Waals surface area contributed by atoms with E-state index in [4.69, 9.17) is 21.7 Å². The second-order valence-corrected chi connectivity index (χ2v) is 6.49. The Morgan fingerprint density at radius 2 is 1.88 bits per heavy atom. The zero-order valence-electron chi connectivity index (χ0n) is 12.9. The van der Waals surface area contributed by atoms with Gasteiger partial charge in [-0.15, -0.1) is 0 Å². The Kier molecular flexibility index (Phi) is 5.01. The maximum atomic E-state index is 12.3. The van der Waals surface area contributed by atoms with Crippen LogP contribution in [0.2, 0.25) is 0 Å². The van der Waals surface area contributed by atoms with Gasteiger partial charge in [0.25, 0.3) is 5.91 Å². The number of anilines is 1. The number of hydrogen-bond donors (Lipinski definition) is 2. The molecule has 0 atom stereocenters. The average molecular weight is 407 g/mol. The zero-order valence-corrected chi connectivity index (χ0v) is 15.3. The number of ether oxygens (including phenoxy) is 2. The fraction of sp³-hybridized carbons (Fsp3) is 0.176. The number of amides is 1. The molecule has 24 heavy (non-hydrogen) atoms. The molecule has 1 amide bonds. The quantitative estimate of drug-likeness (QED) is 0.745. The van der Waals surface area contributed by atoms with Gasteiger partial charge in [-0.3, -0.25) is 10.1 Å². The van der Waals surface area contributed by atoms with Crippen LogP contribution in [-0.2, 0) is 0 Å². The fourth-order valence-corrected chi connectivity index (χ4v) is 2.70. The SMILES string of the molecule is Cc1cc(NC(=S)NC(=O)c2ccc3c(c2)OCCO3)ccc1Br. The Morgan fingerprint density at radius 3 is 2.62 bits per heavy atom. The predicted octanol–water partition coefficient (Wildman–Crippen LogP) is 3.66. The van der Waals surface area contributed by atoms with Crippen LogP contribution in [-0.4, -0.2) is 24.2 Å². The first kappa shape index (κ1) is 16.7. The van der Waals surface area contributed by atoms with Crippen molar-refractivity contribution in [3.05, 3.63) is 52.0 Å². The number of carbonyl (C=O) groups is 1. The lowest BCUT2D eigenvalue weighted by molar-refractivity contribution is 0.0976. The highest BCUT2D eigenvalue weighted by Gasteiger charge is 2.15. The van der Waals surface area contributed by atoms with E-state index in [0.717, 1.165) is 15.7 Å². The lowest BCUT2D eigenvalue weighted by Gasteiger charge is -2.18. The van der Waals surface area contributed by atoms with E-state index in [2.05, 4.69) is 26.6 Å². The van der Waals surface area contributed by atoms with E-state index in [1.54, 1.807) is 18.2 Å². The molecule has 0 fully saturated rings. The van der Waals surface area contributed by atoms with Crippen molar-refractivity contribution in [2.45, 2.75) is 6.92 Å². The second kappa shape index (κ2) is 7.19. The molecule has 0 aliphatic carbocycles. The van der Waals surface area contributed by atoms with Gasteiger partial charge in [0.05, 0.1) is 0 Å². The highest BCUT2D eigenvalue weighted by molar-refractivity contribution is 9.10. The first-order valence-corrected chi connectivity index (χ1v) is 8.51. The highest BCUT2D eigenvalue weighted by atomic mass is 79.9. The molecule has 7 heteroatoms. The lowest BCUT2D eigenvalue weighted by atomic mass is 10.2. The molecule has 1 aliphatic rings. The third-order valence-electron chi connectivity index (χ3n) is 3.45. The number of halogens is 1. The van der Waals surface area contributed by atoms with Gasteiger partial charge >= 0.3 is 0 Å².